The van der Waals surface area contributed by atoms with Crippen LogP contribution in [0.5, 0.6) is 0 Å². The minimum Gasteiger partial charge on any atom is -0.444 e. The average molecular weight is 403 g/mol. The molecular weight excluding hydrogens is 372 g/mol. The van der Waals surface area contributed by atoms with E-state index in [9.17, 15) is 0 Å². The zero-order chi connectivity index (χ0) is 19.8. The van der Waals surface area contributed by atoms with Gasteiger partial charge in [0.05, 0.1) is 12.2 Å². The first-order valence-corrected chi connectivity index (χ1v) is 10.8. The molecule has 0 radical (unpaired) electrons. The number of aliphatic imine (C=N–C) groups is 1. The fraction of sp³-hybridized carbons (Fsp3) is 0.524. The zero-order valence-corrected chi connectivity index (χ0v) is 17.8. The smallest absolute Gasteiger partial charge is 0.226 e. The van der Waals surface area contributed by atoms with E-state index in [0.717, 1.165) is 55.6 Å². The Morgan fingerprint density at radius 1 is 1.21 bits per heavy atom. The van der Waals surface area contributed by atoms with Crippen molar-refractivity contribution in [2.75, 3.05) is 32.6 Å². The molecule has 1 aromatic carbocycles. The van der Waals surface area contributed by atoms with Crippen LogP contribution in [0.2, 0.25) is 0 Å². The second kappa shape index (κ2) is 9.98. The quantitative estimate of drug-likeness (QED) is 0.544. The fourth-order valence-corrected chi connectivity index (χ4v) is 4.52. The predicted molar refractivity (Wildman–Crippen MR) is 116 cm³/mol. The maximum atomic E-state index is 5.63. The summed E-state index contributed by atoms with van der Waals surface area (Å²) >= 11 is 2.02. The molecule has 1 aromatic heterocycles. The van der Waals surface area contributed by atoms with Gasteiger partial charge in [0.1, 0.15) is 6.26 Å². The first kappa shape index (κ1) is 20.7. The van der Waals surface area contributed by atoms with E-state index in [1.54, 1.807) is 13.3 Å². The molecule has 6 nitrogen and oxygen atoms in total. The van der Waals surface area contributed by atoms with Gasteiger partial charge >= 0.3 is 0 Å². The van der Waals surface area contributed by atoms with Crippen molar-refractivity contribution in [3.8, 4) is 11.5 Å². The van der Waals surface area contributed by atoms with Gasteiger partial charge in [-0.1, -0.05) is 24.6 Å². The summed E-state index contributed by atoms with van der Waals surface area (Å²) in [5.41, 5.74) is 3.05. The Morgan fingerprint density at radius 2 is 1.96 bits per heavy atom. The number of hydrogen-bond acceptors (Lipinski definition) is 5. The number of nitrogens with one attached hydrogen (secondary N) is 2. The topological polar surface area (TPSA) is 71.7 Å². The van der Waals surface area contributed by atoms with Crippen LogP contribution in [0.15, 0.2) is 39.9 Å². The summed E-state index contributed by atoms with van der Waals surface area (Å²) in [4.78, 5) is 8.93. The minimum atomic E-state index is 0.219. The summed E-state index contributed by atoms with van der Waals surface area (Å²) in [6.07, 6.45) is 3.83. The van der Waals surface area contributed by atoms with E-state index in [1.807, 2.05) is 23.9 Å². The van der Waals surface area contributed by atoms with Crippen LogP contribution in [-0.4, -0.2) is 48.2 Å². The first-order chi connectivity index (χ1) is 13.6. The van der Waals surface area contributed by atoms with E-state index >= 15 is 0 Å². The van der Waals surface area contributed by atoms with Crippen molar-refractivity contribution in [1.29, 1.82) is 0 Å². The van der Waals surface area contributed by atoms with Crippen molar-refractivity contribution in [1.82, 2.24) is 15.6 Å². The molecule has 1 fully saturated rings. The number of aromatic nitrogens is 1. The summed E-state index contributed by atoms with van der Waals surface area (Å²) < 4.78 is 11.4. The molecule has 0 saturated carbocycles. The van der Waals surface area contributed by atoms with Crippen LogP contribution in [0.25, 0.3) is 11.5 Å². The monoisotopic (exact) mass is 402 g/mol. The molecule has 152 valence electrons. The molecule has 7 heteroatoms. The summed E-state index contributed by atoms with van der Waals surface area (Å²) in [7, 11) is 1.79. The first-order valence-electron chi connectivity index (χ1n) is 9.82. The van der Waals surface area contributed by atoms with Crippen molar-refractivity contribution in [3.05, 3.63) is 41.8 Å². The summed E-state index contributed by atoms with van der Waals surface area (Å²) in [5, 5.41) is 6.82. The third kappa shape index (κ3) is 5.52. The summed E-state index contributed by atoms with van der Waals surface area (Å²) in [6, 6.07) is 8.17. The van der Waals surface area contributed by atoms with Gasteiger partial charge in [-0.25, -0.2) is 4.98 Å². The lowest BCUT2D eigenvalue weighted by Crippen LogP contribution is -2.48. The lowest BCUT2D eigenvalue weighted by Gasteiger charge is -2.37. The largest absolute Gasteiger partial charge is 0.444 e. The minimum absolute atomic E-state index is 0.219. The van der Waals surface area contributed by atoms with E-state index in [0.29, 0.717) is 12.4 Å². The Labute approximate surface area is 171 Å². The molecule has 0 aliphatic carbocycles. The second-order valence-corrected chi connectivity index (χ2v) is 8.75. The van der Waals surface area contributed by atoms with E-state index in [1.165, 1.54) is 5.56 Å². The Balaban J connectivity index is 1.53. The van der Waals surface area contributed by atoms with Crippen LogP contribution >= 0.6 is 11.8 Å². The maximum Gasteiger partial charge on any atom is 0.226 e. The van der Waals surface area contributed by atoms with Gasteiger partial charge in [-0.2, -0.15) is 11.8 Å². The van der Waals surface area contributed by atoms with Crippen LogP contribution in [0.1, 0.15) is 31.0 Å². The Morgan fingerprint density at radius 3 is 2.64 bits per heavy atom. The third-order valence-corrected chi connectivity index (χ3v) is 6.40. The van der Waals surface area contributed by atoms with Gasteiger partial charge in [0.15, 0.2) is 5.96 Å². The lowest BCUT2D eigenvalue weighted by molar-refractivity contribution is 0.0782. The Kier molecular flexibility index (Phi) is 7.39. The molecule has 1 saturated heterocycles. The van der Waals surface area contributed by atoms with Gasteiger partial charge in [-0.15, -0.1) is 0 Å². The highest BCUT2D eigenvalue weighted by Crippen LogP contribution is 2.34. The van der Waals surface area contributed by atoms with Crippen molar-refractivity contribution in [2.24, 2.45) is 4.99 Å². The van der Waals surface area contributed by atoms with Gasteiger partial charge < -0.3 is 19.8 Å². The standard InChI is InChI=1S/C21H30N4O2S/c1-4-28-21(9-11-26-12-10-21)15-24-20(22-3)23-13-18-14-27-19(25-18)17-7-5-16(2)6-8-17/h5-8,14H,4,9-13,15H2,1-3H3,(H2,22,23,24). The van der Waals surface area contributed by atoms with Crippen LogP contribution in [-0.2, 0) is 11.3 Å². The maximum absolute atomic E-state index is 5.63. The van der Waals surface area contributed by atoms with Crippen LogP contribution < -0.4 is 10.6 Å². The highest BCUT2D eigenvalue weighted by Gasteiger charge is 2.32. The highest BCUT2D eigenvalue weighted by molar-refractivity contribution is 8.00. The van der Waals surface area contributed by atoms with Crippen LogP contribution in [0.4, 0.5) is 0 Å². The molecule has 1 aliphatic heterocycles. The van der Waals surface area contributed by atoms with Crippen molar-refractivity contribution < 1.29 is 9.15 Å². The molecule has 2 aromatic rings. The van der Waals surface area contributed by atoms with Crippen molar-refractivity contribution in [2.45, 2.75) is 38.0 Å². The number of thioether (sulfide) groups is 1. The number of guanidine groups is 1. The van der Waals surface area contributed by atoms with E-state index in [4.69, 9.17) is 9.15 Å². The highest BCUT2D eigenvalue weighted by atomic mass is 32.2. The van der Waals surface area contributed by atoms with E-state index in [-0.39, 0.29) is 4.75 Å². The van der Waals surface area contributed by atoms with Crippen LogP contribution in [0, 0.1) is 6.92 Å². The van der Waals surface area contributed by atoms with E-state index < -0.39 is 0 Å². The molecular formula is C21H30N4O2S. The number of benzene rings is 1. The number of ether oxygens (including phenoxy) is 1. The number of nitrogens with zero attached hydrogens (tertiary/aromatic N) is 2. The molecule has 0 bridgehead atoms. The normalized spacial score (nSPS) is 16.8. The van der Waals surface area contributed by atoms with Crippen molar-refractivity contribution >= 4 is 17.7 Å². The van der Waals surface area contributed by atoms with Gasteiger partial charge in [0.25, 0.3) is 0 Å². The number of rotatable bonds is 7. The molecule has 28 heavy (non-hydrogen) atoms. The van der Waals surface area contributed by atoms with E-state index in [2.05, 4.69) is 46.6 Å². The van der Waals surface area contributed by atoms with Gasteiger partial charge in [0.2, 0.25) is 5.89 Å². The number of oxazole rings is 1. The zero-order valence-electron chi connectivity index (χ0n) is 17.0. The predicted octanol–water partition coefficient (Wildman–Crippen LogP) is 3.62. The Hall–Kier alpha value is -1.99. The molecule has 2 N–H and O–H groups in total. The van der Waals surface area contributed by atoms with Gasteiger partial charge in [-0.05, 0) is 37.7 Å². The summed E-state index contributed by atoms with van der Waals surface area (Å²) in [5.74, 6) is 2.52. The SMILES string of the molecule is CCSC1(CNC(=NC)NCc2coc(-c3ccc(C)cc3)n2)CCOCC1. The Bertz CT molecular complexity index is 761. The molecule has 0 spiro atoms. The van der Waals surface area contributed by atoms with Crippen LogP contribution in [0.3, 0.4) is 0 Å². The third-order valence-electron chi connectivity index (χ3n) is 4.94. The number of aryl methyl sites for hydroxylation is 1. The van der Waals surface area contributed by atoms with Crippen molar-refractivity contribution in [3.63, 3.8) is 0 Å². The average Bonchev–Trinajstić information content (AvgIpc) is 3.19. The fourth-order valence-electron chi connectivity index (χ4n) is 3.28. The lowest BCUT2D eigenvalue weighted by atomic mass is 9.99. The van der Waals surface area contributed by atoms with Gasteiger partial charge in [-0.3, -0.25) is 4.99 Å². The second-order valence-electron chi connectivity index (χ2n) is 7.02. The summed E-state index contributed by atoms with van der Waals surface area (Å²) in [6.45, 7) is 7.39. The molecule has 3 rings (SSSR count). The molecule has 0 unspecified atom stereocenters. The number of hydrogen-bond donors (Lipinski definition) is 2. The molecule has 0 atom stereocenters. The molecule has 2 heterocycles. The molecule has 1 aliphatic rings. The van der Waals surface area contributed by atoms with Gasteiger partial charge in [0, 0.05) is 37.1 Å². The molecule has 0 amide bonds.